The predicted molar refractivity (Wildman–Crippen MR) is 95.4 cm³/mol. The van der Waals surface area contributed by atoms with E-state index < -0.39 is 10.0 Å². The van der Waals surface area contributed by atoms with Crippen LogP contribution in [-0.4, -0.2) is 30.8 Å². The van der Waals surface area contributed by atoms with Crippen molar-refractivity contribution in [3.8, 4) is 22.8 Å². The smallest absolute Gasteiger partial charge is 0.243 e. The van der Waals surface area contributed by atoms with Gasteiger partial charge in [0.1, 0.15) is 0 Å². The van der Waals surface area contributed by atoms with Crippen molar-refractivity contribution in [3.05, 3.63) is 60.8 Å². The average Bonchev–Trinajstić information content (AvgIpc) is 3.35. The second kappa shape index (κ2) is 6.46. The molecule has 3 aromatic rings. The van der Waals surface area contributed by atoms with Crippen molar-refractivity contribution in [2.75, 3.05) is 13.1 Å². The van der Waals surface area contributed by atoms with Crippen molar-refractivity contribution >= 4 is 10.0 Å². The highest BCUT2D eigenvalue weighted by Crippen LogP contribution is 2.27. The van der Waals surface area contributed by atoms with Gasteiger partial charge in [0.2, 0.25) is 15.9 Å². The van der Waals surface area contributed by atoms with Gasteiger partial charge < -0.3 is 4.42 Å². The quantitative estimate of drug-likeness (QED) is 0.715. The Morgan fingerprint density at radius 1 is 0.880 bits per heavy atom. The molecule has 5 nitrogen and oxygen atoms in total. The van der Waals surface area contributed by atoms with E-state index in [0.717, 1.165) is 24.0 Å². The summed E-state index contributed by atoms with van der Waals surface area (Å²) in [7, 11) is -3.39. The van der Waals surface area contributed by atoms with Gasteiger partial charge in [-0.1, -0.05) is 30.3 Å². The van der Waals surface area contributed by atoms with Crippen LogP contribution in [0.25, 0.3) is 22.8 Å². The molecular weight excluding hydrogens is 336 g/mol. The monoisotopic (exact) mass is 354 g/mol. The molecule has 25 heavy (non-hydrogen) atoms. The molecule has 1 aromatic heterocycles. The van der Waals surface area contributed by atoms with Crippen LogP contribution >= 0.6 is 0 Å². The lowest BCUT2D eigenvalue weighted by molar-refractivity contribution is 0.477. The van der Waals surface area contributed by atoms with Crippen molar-refractivity contribution in [2.24, 2.45) is 0 Å². The van der Waals surface area contributed by atoms with Crippen LogP contribution in [0.15, 0.2) is 70.1 Å². The zero-order valence-electron chi connectivity index (χ0n) is 13.6. The van der Waals surface area contributed by atoms with Gasteiger partial charge in [-0.3, -0.25) is 0 Å². The summed E-state index contributed by atoms with van der Waals surface area (Å²) in [4.78, 5) is 4.62. The Morgan fingerprint density at radius 2 is 1.56 bits per heavy atom. The van der Waals surface area contributed by atoms with E-state index in [1.54, 1.807) is 34.8 Å². The third-order valence-electron chi connectivity index (χ3n) is 4.37. The van der Waals surface area contributed by atoms with Crippen LogP contribution in [0.2, 0.25) is 0 Å². The van der Waals surface area contributed by atoms with Crippen LogP contribution in [0, 0.1) is 0 Å². The minimum absolute atomic E-state index is 0.313. The van der Waals surface area contributed by atoms with Crippen molar-refractivity contribution in [2.45, 2.75) is 17.7 Å². The lowest BCUT2D eigenvalue weighted by atomic mass is 10.2. The van der Waals surface area contributed by atoms with E-state index in [1.807, 2.05) is 30.3 Å². The number of rotatable bonds is 4. The van der Waals surface area contributed by atoms with Crippen molar-refractivity contribution in [1.82, 2.24) is 9.29 Å². The Morgan fingerprint density at radius 3 is 2.24 bits per heavy atom. The molecule has 6 heteroatoms. The maximum Gasteiger partial charge on any atom is 0.243 e. The molecule has 0 spiro atoms. The van der Waals surface area contributed by atoms with Crippen molar-refractivity contribution < 1.29 is 12.8 Å². The molecule has 0 radical (unpaired) electrons. The fourth-order valence-electron chi connectivity index (χ4n) is 2.99. The number of hydrogen-bond acceptors (Lipinski definition) is 4. The molecule has 2 aromatic carbocycles. The van der Waals surface area contributed by atoms with Crippen molar-refractivity contribution in [3.63, 3.8) is 0 Å². The minimum atomic E-state index is -3.39. The van der Waals surface area contributed by atoms with Gasteiger partial charge >= 0.3 is 0 Å². The summed E-state index contributed by atoms with van der Waals surface area (Å²) < 4.78 is 32.5. The second-order valence-electron chi connectivity index (χ2n) is 6.03. The first-order valence-electron chi connectivity index (χ1n) is 8.26. The first kappa shape index (κ1) is 16.1. The normalized spacial score (nSPS) is 15.5. The molecule has 4 rings (SSSR count). The maximum atomic E-state index is 12.6. The van der Waals surface area contributed by atoms with Gasteiger partial charge in [-0.25, -0.2) is 13.4 Å². The fraction of sp³-hybridized carbons (Fsp3) is 0.211. The van der Waals surface area contributed by atoms with E-state index in [2.05, 4.69) is 4.98 Å². The third kappa shape index (κ3) is 3.10. The van der Waals surface area contributed by atoms with Crippen LogP contribution in [0.3, 0.4) is 0 Å². The first-order chi connectivity index (χ1) is 12.1. The molecule has 0 bridgehead atoms. The number of hydrogen-bond donors (Lipinski definition) is 0. The number of sulfonamides is 1. The van der Waals surface area contributed by atoms with Crippen LogP contribution in [-0.2, 0) is 10.0 Å². The topological polar surface area (TPSA) is 63.4 Å². The highest BCUT2D eigenvalue weighted by Gasteiger charge is 2.27. The van der Waals surface area contributed by atoms with Gasteiger partial charge in [0, 0.05) is 24.2 Å². The summed E-state index contributed by atoms with van der Waals surface area (Å²) in [6.07, 6.45) is 3.53. The van der Waals surface area contributed by atoms with Crippen LogP contribution < -0.4 is 0 Å². The Labute approximate surface area is 147 Å². The molecule has 0 unspecified atom stereocenters. The molecule has 128 valence electrons. The van der Waals surface area contributed by atoms with E-state index in [0.29, 0.717) is 29.6 Å². The summed E-state index contributed by atoms with van der Waals surface area (Å²) in [6, 6.07) is 16.5. The summed E-state index contributed by atoms with van der Waals surface area (Å²) in [5.41, 5.74) is 1.71. The molecule has 0 atom stereocenters. The molecule has 0 amide bonds. The van der Waals surface area contributed by atoms with E-state index in [1.165, 1.54) is 0 Å². The molecule has 0 N–H and O–H groups in total. The van der Waals surface area contributed by atoms with Gasteiger partial charge in [-0.15, -0.1) is 0 Å². The van der Waals surface area contributed by atoms with E-state index in [-0.39, 0.29) is 0 Å². The van der Waals surface area contributed by atoms with Crippen LogP contribution in [0.4, 0.5) is 0 Å². The van der Waals surface area contributed by atoms with Gasteiger partial charge in [0.05, 0.1) is 11.1 Å². The number of nitrogens with zero attached hydrogens (tertiary/aromatic N) is 2. The lowest BCUT2D eigenvalue weighted by Crippen LogP contribution is -2.27. The Kier molecular flexibility index (Phi) is 4.15. The van der Waals surface area contributed by atoms with E-state index >= 15 is 0 Å². The van der Waals surface area contributed by atoms with Gasteiger partial charge in [-0.05, 0) is 37.1 Å². The van der Waals surface area contributed by atoms with Crippen LogP contribution in [0.1, 0.15) is 12.8 Å². The first-order valence-corrected chi connectivity index (χ1v) is 9.70. The van der Waals surface area contributed by atoms with E-state index in [9.17, 15) is 8.42 Å². The highest BCUT2D eigenvalue weighted by molar-refractivity contribution is 7.89. The molecular formula is C19H18N2O3S. The predicted octanol–water partition coefficient (Wildman–Crippen LogP) is 3.79. The third-order valence-corrected chi connectivity index (χ3v) is 6.28. The summed E-state index contributed by atoms with van der Waals surface area (Å²) in [5, 5.41) is 0. The maximum absolute atomic E-state index is 12.6. The molecule has 0 saturated carbocycles. The zero-order valence-corrected chi connectivity index (χ0v) is 14.4. The van der Waals surface area contributed by atoms with E-state index in [4.69, 9.17) is 4.42 Å². The van der Waals surface area contributed by atoms with Crippen LogP contribution in [0.5, 0.6) is 0 Å². The lowest BCUT2D eigenvalue weighted by Gasteiger charge is -2.15. The highest BCUT2D eigenvalue weighted by atomic mass is 32.2. The summed E-state index contributed by atoms with van der Waals surface area (Å²) >= 11 is 0. The van der Waals surface area contributed by atoms with Gasteiger partial charge in [-0.2, -0.15) is 4.31 Å². The van der Waals surface area contributed by atoms with Gasteiger partial charge in [0.15, 0.2) is 5.76 Å². The molecule has 1 saturated heterocycles. The second-order valence-corrected chi connectivity index (χ2v) is 7.97. The molecule has 1 aliphatic heterocycles. The fourth-order valence-corrected chi connectivity index (χ4v) is 4.51. The number of benzene rings is 2. The molecule has 0 aliphatic carbocycles. The SMILES string of the molecule is O=S(=O)(c1ccc(-c2ncc(-c3ccccc3)o2)cc1)N1CCCC1. The summed E-state index contributed by atoms with van der Waals surface area (Å²) in [6.45, 7) is 1.20. The Bertz CT molecular complexity index is 957. The minimum Gasteiger partial charge on any atom is -0.436 e. The molecule has 1 fully saturated rings. The summed E-state index contributed by atoms with van der Waals surface area (Å²) in [5.74, 6) is 1.16. The average molecular weight is 354 g/mol. The number of aromatic nitrogens is 1. The number of oxazole rings is 1. The molecule has 1 aliphatic rings. The standard InChI is InChI=1S/C19H18N2O3S/c22-25(23,21-12-4-5-13-21)17-10-8-16(9-11-17)19-20-14-18(24-19)15-6-2-1-3-7-15/h1-3,6-11,14H,4-5,12-13H2. The Hall–Kier alpha value is -2.44. The zero-order chi connectivity index (χ0) is 17.3. The Balaban J connectivity index is 1.60. The molecule has 2 heterocycles. The van der Waals surface area contributed by atoms with Gasteiger partial charge in [0.25, 0.3) is 0 Å². The van der Waals surface area contributed by atoms with Crippen molar-refractivity contribution in [1.29, 1.82) is 0 Å². The largest absolute Gasteiger partial charge is 0.436 e.